The Morgan fingerprint density at radius 2 is 1.90 bits per heavy atom. The van der Waals surface area contributed by atoms with Crippen LogP contribution in [0.3, 0.4) is 0 Å². The van der Waals surface area contributed by atoms with Gasteiger partial charge in [-0.1, -0.05) is 30.3 Å². The van der Waals surface area contributed by atoms with Crippen LogP contribution in [0, 0.1) is 12.7 Å². The van der Waals surface area contributed by atoms with Gasteiger partial charge in [-0.2, -0.15) is 0 Å². The van der Waals surface area contributed by atoms with Crippen LogP contribution in [0.4, 0.5) is 10.1 Å². The summed E-state index contributed by atoms with van der Waals surface area (Å²) < 4.78 is 13.3. The van der Waals surface area contributed by atoms with E-state index in [1.165, 1.54) is 11.6 Å². The maximum absolute atomic E-state index is 13.3. The highest BCUT2D eigenvalue weighted by Crippen LogP contribution is 2.21. The molecule has 0 spiro atoms. The van der Waals surface area contributed by atoms with Crippen molar-refractivity contribution in [2.45, 2.75) is 19.9 Å². The predicted molar refractivity (Wildman–Crippen MR) is 82.4 cm³/mol. The molecule has 0 aliphatic heterocycles. The molecular weight excluding hydrogens is 251 g/mol. The first-order chi connectivity index (χ1) is 9.61. The van der Waals surface area contributed by atoms with E-state index < -0.39 is 0 Å². The summed E-state index contributed by atoms with van der Waals surface area (Å²) in [5, 5.41) is 0. The molecule has 0 aliphatic rings. The van der Waals surface area contributed by atoms with Gasteiger partial charge in [0, 0.05) is 24.8 Å². The van der Waals surface area contributed by atoms with Gasteiger partial charge in [0.05, 0.1) is 0 Å². The predicted octanol–water partition coefficient (Wildman–Crippen LogP) is 3.66. The molecular formula is C17H21FN2. The quantitative estimate of drug-likeness (QED) is 0.900. The molecule has 0 aromatic heterocycles. The van der Waals surface area contributed by atoms with Crippen LogP contribution in [0.1, 0.15) is 24.1 Å². The lowest BCUT2D eigenvalue weighted by Gasteiger charge is -2.27. The van der Waals surface area contributed by atoms with Crippen molar-refractivity contribution in [2.24, 2.45) is 5.73 Å². The first kappa shape index (κ1) is 14.5. The van der Waals surface area contributed by atoms with Crippen LogP contribution in [0.15, 0.2) is 48.5 Å². The van der Waals surface area contributed by atoms with Gasteiger partial charge in [-0.15, -0.1) is 0 Å². The van der Waals surface area contributed by atoms with Gasteiger partial charge >= 0.3 is 0 Å². The summed E-state index contributed by atoms with van der Waals surface area (Å²) in [6, 6.07) is 14.7. The lowest BCUT2D eigenvalue weighted by Crippen LogP contribution is -2.32. The van der Waals surface area contributed by atoms with Gasteiger partial charge < -0.3 is 10.6 Å². The summed E-state index contributed by atoms with van der Waals surface area (Å²) in [7, 11) is 0. The monoisotopic (exact) mass is 272 g/mol. The van der Waals surface area contributed by atoms with Gasteiger partial charge in [-0.05, 0) is 43.2 Å². The minimum atomic E-state index is -0.217. The molecule has 0 heterocycles. The van der Waals surface area contributed by atoms with Crippen molar-refractivity contribution in [3.05, 3.63) is 65.5 Å². The first-order valence-electron chi connectivity index (χ1n) is 6.93. The highest BCUT2D eigenvalue weighted by Gasteiger charge is 2.13. The average molecular weight is 272 g/mol. The molecule has 0 bridgehead atoms. The van der Waals surface area contributed by atoms with Crippen molar-refractivity contribution in [1.82, 2.24) is 0 Å². The normalized spacial score (nSPS) is 12.2. The standard InChI is InChI=1S/C17H21FN2/c1-3-20(15-9-6-8-14(18)11-15)12-17(19)16-10-5-4-7-13(16)2/h4-11,17H,3,12,19H2,1-2H3. The highest BCUT2D eigenvalue weighted by molar-refractivity contribution is 5.47. The first-order valence-corrected chi connectivity index (χ1v) is 6.93. The average Bonchev–Trinajstić information content (AvgIpc) is 2.45. The van der Waals surface area contributed by atoms with E-state index >= 15 is 0 Å². The van der Waals surface area contributed by atoms with Gasteiger partial charge in [0.15, 0.2) is 0 Å². The number of halogens is 1. The molecule has 0 saturated heterocycles. The minimum absolute atomic E-state index is 0.0839. The summed E-state index contributed by atoms with van der Waals surface area (Å²) in [5.41, 5.74) is 9.52. The fourth-order valence-corrected chi connectivity index (χ4v) is 2.43. The number of rotatable bonds is 5. The van der Waals surface area contributed by atoms with E-state index in [1.54, 1.807) is 12.1 Å². The SMILES string of the molecule is CCN(CC(N)c1ccccc1C)c1cccc(F)c1. The number of aryl methyl sites for hydroxylation is 1. The van der Waals surface area contributed by atoms with Crippen LogP contribution in [0.25, 0.3) is 0 Å². The number of likely N-dealkylation sites (N-methyl/N-ethyl adjacent to an activating group) is 1. The molecule has 0 amide bonds. The van der Waals surface area contributed by atoms with E-state index in [0.717, 1.165) is 17.8 Å². The second kappa shape index (κ2) is 6.53. The third-order valence-corrected chi connectivity index (χ3v) is 3.56. The van der Waals surface area contributed by atoms with Crippen molar-refractivity contribution < 1.29 is 4.39 Å². The van der Waals surface area contributed by atoms with Crippen LogP contribution in [-0.4, -0.2) is 13.1 Å². The van der Waals surface area contributed by atoms with Gasteiger partial charge in [0.25, 0.3) is 0 Å². The minimum Gasteiger partial charge on any atom is -0.370 e. The molecule has 2 aromatic carbocycles. The Hall–Kier alpha value is -1.87. The molecule has 106 valence electrons. The van der Waals surface area contributed by atoms with Crippen molar-refractivity contribution in [3.63, 3.8) is 0 Å². The van der Waals surface area contributed by atoms with Gasteiger partial charge in [-0.25, -0.2) is 4.39 Å². The maximum Gasteiger partial charge on any atom is 0.125 e. The fraction of sp³-hybridized carbons (Fsp3) is 0.294. The number of hydrogen-bond acceptors (Lipinski definition) is 2. The van der Waals surface area contributed by atoms with Gasteiger partial charge in [0.2, 0.25) is 0 Å². The van der Waals surface area contributed by atoms with Crippen LogP contribution in [-0.2, 0) is 0 Å². The molecule has 20 heavy (non-hydrogen) atoms. The zero-order valence-electron chi connectivity index (χ0n) is 12.0. The second-order valence-electron chi connectivity index (χ2n) is 4.98. The summed E-state index contributed by atoms with van der Waals surface area (Å²) >= 11 is 0. The molecule has 0 saturated carbocycles. The van der Waals surface area contributed by atoms with Crippen LogP contribution < -0.4 is 10.6 Å². The Labute approximate surface area is 120 Å². The van der Waals surface area contributed by atoms with Crippen molar-refractivity contribution in [2.75, 3.05) is 18.0 Å². The Morgan fingerprint density at radius 3 is 2.55 bits per heavy atom. The van der Waals surface area contributed by atoms with E-state index in [0.29, 0.717) is 6.54 Å². The number of anilines is 1. The molecule has 0 radical (unpaired) electrons. The maximum atomic E-state index is 13.3. The largest absolute Gasteiger partial charge is 0.370 e. The Kier molecular flexibility index (Phi) is 4.74. The van der Waals surface area contributed by atoms with Gasteiger partial charge in [0.1, 0.15) is 5.82 Å². The third-order valence-electron chi connectivity index (χ3n) is 3.56. The fourth-order valence-electron chi connectivity index (χ4n) is 2.43. The Bertz CT molecular complexity index is 568. The van der Waals surface area contributed by atoms with Crippen LogP contribution >= 0.6 is 0 Å². The lowest BCUT2D eigenvalue weighted by atomic mass is 10.0. The topological polar surface area (TPSA) is 29.3 Å². The van der Waals surface area contributed by atoms with Crippen molar-refractivity contribution in [3.8, 4) is 0 Å². The van der Waals surface area contributed by atoms with Crippen LogP contribution in [0.5, 0.6) is 0 Å². The molecule has 0 fully saturated rings. The molecule has 1 atom stereocenters. The smallest absolute Gasteiger partial charge is 0.125 e. The molecule has 2 nitrogen and oxygen atoms in total. The lowest BCUT2D eigenvalue weighted by molar-refractivity contribution is 0.623. The number of hydrogen-bond donors (Lipinski definition) is 1. The Balaban J connectivity index is 2.16. The van der Waals surface area contributed by atoms with Crippen molar-refractivity contribution >= 4 is 5.69 Å². The van der Waals surface area contributed by atoms with E-state index in [2.05, 4.69) is 30.9 Å². The van der Waals surface area contributed by atoms with Crippen molar-refractivity contribution in [1.29, 1.82) is 0 Å². The van der Waals surface area contributed by atoms with E-state index in [9.17, 15) is 4.39 Å². The Morgan fingerprint density at radius 1 is 1.15 bits per heavy atom. The molecule has 2 rings (SSSR count). The number of nitrogens with two attached hydrogens (primary N) is 1. The number of benzene rings is 2. The zero-order valence-corrected chi connectivity index (χ0v) is 12.0. The van der Waals surface area contributed by atoms with Crippen LogP contribution in [0.2, 0.25) is 0 Å². The molecule has 3 heteroatoms. The summed E-state index contributed by atoms with van der Waals surface area (Å²) in [6.07, 6.45) is 0. The van der Waals surface area contributed by atoms with E-state index in [-0.39, 0.29) is 11.9 Å². The summed E-state index contributed by atoms with van der Waals surface area (Å²) in [6.45, 7) is 5.58. The highest BCUT2D eigenvalue weighted by atomic mass is 19.1. The number of nitrogens with zero attached hydrogens (tertiary/aromatic N) is 1. The van der Waals surface area contributed by atoms with E-state index in [1.807, 2.05) is 18.2 Å². The molecule has 2 aromatic rings. The third kappa shape index (κ3) is 3.36. The van der Waals surface area contributed by atoms with E-state index in [4.69, 9.17) is 5.73 Å². The molecule has 0 aliphatic carbocycles. The molecule has 1 unspecified atom stereocenters. The molecule has 2 N–H and O–H groups in total. The zero-order chi connectivity index (χ0) is 14.5. The summed E-state index contributed by atoms with van der Waals surface area (Å²) in [5.74, 6) is -0.217. The summed E-state index contributed by atoms with van der Waals surface area (Å²) in [4.78, 5) is 2.10. The van der Waals surface area contributed by atoms with Gasteiger partial charge in [-0.3, -0.25) is 0 Å². The second-order valence-corrected chi connectivity index (χ2v) is 4.98.